The first-order chi connectivity index (χ1) is 12.2. The van der Waals surface area contributed by atoms with Gasteiger partial charge in [0.15, 0.2) is 0 Å². The van der Waals surface area contributed by atoms with Crippen molar-refractivity contribution in [3.8, 4) is 22.8 Å². The number of rotatable bonds is 6. The molecule has 25 heavy (non-hydrogen) atoms. The zero-order chi connectivity index (χ0) is 17.6. The van der Waals surface area contributed by atoms with Crippen LogP contribution in [0.4, 0.5) is 5.69 Å². The van der Waals surface area contributed by atoms with Gasteiger partial charge in [0.2, 0.25) is 5.82 Å². The van der Waals surface area contributed by atoms with Crippen molar-refractivity contribution in [1.29, 1.82) is 0 Å². The smallest absolute Gasteiger partial charge is 0.258 e. The van der Waals surface area contributed by atoms with Crippen LogP contribution in [0.2, 0.25) is 0 Å². The Morgan fingerprint density at radius 1 is 1.08 bits per heavy atom. The molecule has 128 valence electrons. The third kappa shape index (κ3) is 4.08. The fraction of sp³-hybridized carbons (Fsp3) is 0.111. The van der Waals surface area contributed by atoms with Gasteiger partial charge < -0.3 is 4.52 Å². The molecule has 2 aromatic carbocycles. The van der Waals surface area contributed by atoms with Crippen molar-refractivity contribution in [3.05, 3.63) is 59.5 Å². The van der Waals surface area contributed by atoms with Gasteiger partial charge >= 0.3 is 0 Å². The Hall–Kier alpha value is -2.61. The number of hydrogen-bond donors (Lipinski definition) is 3. The van der Waals surface area contributed by atoms with Crippen LogP contribution in [0, 0.1) is 0 Å². The largest absolute Gasteiger partial charge is 0.334 e. The molecular formula is C18H18N4O2S. The maximum Gasteiger partial charge on any atom is 0.258 e. The summed E-state index contributed by atoms with van der Waals surface area (Å²) in [6.45, 7) is 2.07. The lowest BCUT2D eigenvalue weighted by molar-refractivity contribution is 0.389. The minimum Gasteiger partial charge on any atom is -0.334 e. The summed E-state index contributed by atoms with van der Waals surface area (Å²) in [7, 11) is 1.89. The molecule has 1 aromatic heterocycles. The van der Waals surface area contributed by atoms with E-state index in [4.69, 9.17) is 9.73 Å². The minimum absolute atomic E-state index is 0.435. The van der Waals surface area contributed by atoms with Gasteiger partial charge in [-0.3, -0.25) is 15.4 Å². The predicted molar refractivity (Wildman–Crippen MR) is 101 cm³/mol. The lowest BCUT2D eigenvalue weighted by atomic mass is 10.1. The Morgan fingerprint density at radius 3 is 2.40 bits per heavy atom. The summed E-state index contributed by atoms with van der Waals surface area (Å²) in [5.41, 5.74) is 6.68. The Bertz CT molecular complexity index is 858. The summed E-state index contributed by atoms with van der Waals surface area (Å²) < 4.78 is 8.36. The van der Waals surface area contributed by atoms with E-state index in [-0.39, 0.29) is 0 Å². The zero-order valence-corrected chi connectivity index (χ0v) is 14.7. The van der Waals surface area contributed by atoms with Gasteiger partial charge in [-0.05, 0) is 54.8 Å². The van der Waals surface area contributed by atoms with Gasteiger partial charge in [-0.2, -0.15) is 4.98 Å². The van der Waals surface area contributed by atoms with Crippen LogP contribution in [0.3, 0.4) is 0 Å². The van der Waals surface area contributed by atoms with Crippen LogP contribution in [0.25, 0.3) is 28.4 Å². The van der Waals surface area contributed by atoms with Crippen LogP contribution < -0.4 is 10.2 Å². The monoisotopic (exact) mass is 354 g/mol. The molecular weight excluding hydrogens is 336 g/mol. The van der Waals surface area contributed by atoms with Gasteiger partial charge in [-0.15, -0.1) is 0 Å². The zero-order valence-electron chi connectivity index (χ0n) is 13.9. The highest BCUT2D eigenvalue weighted by molar-refractivity contribution is 8.00. The fourth-order valence-electron chi connectivity index (χ4n) is 2.24. The summed E-state index contributed by atoms with van der Waals surface area (Å²) in [6, 6.07) is 15.1. The first-order valence-electron chi connectivity index (χ1n) is 7.65. The molecule has 0 fully saturated rings. The van der Waals surface area contributed by atoms with E-state index in [2.05, 4.69) is 32.7 Å². The molecule has 0 aliphatic heterocycles. The van der Waals surface area contributed by atoms with Crippen molar-refractivity contribution < 1.29 is 9.73 Å². The molecule has 0 bridgehead atoms. The Balaban J connectivity index is 1.79. The molecule has 0 saturated carbocycles. The lowest BCUT2D eigenvalue weighted by Crippen LogP contribution is -1.88. The number of allylic oxidation sites excluding steroid dienone is 1. The molecule has 0 aliphatic carbocycles. The summed E-state index contributed by atoms with van der Waals surface area (Å²) >= 11 is 1.54. The van der Waals surface area contributed by atoms with Gasteiger partial charge in [-0.1, -0.05) is 41.4 Å². The van der Waals surface area contributed by atoms with E-state index in [1.165, 1.54) is 5.57 Å². The highest BCUT2D eigenvalue weighted by Crippen LogP contribution is 2.25. The maximum absolute atomic E-state index is 8.85. The second-order valence-corrected chi connectivity index (χ2v) is 6.19. The lowest BCUT2D eigenvalue weighted by Gasteiger charge is -2.02. The van der Waals surface area contributed by atoms with Gasteiger partial charge in [-0.25, -0.2) is 0 Å². The number of aromatic nitrogens is 2. The molecule has 7 heteroatoms. The van der Waals surface area contributed by atoms with Crippen molar-refractivity contribution in [1.82, 2.24) is 14.9 Å². The highest BCUT2D eigenvalue weighted by atomic mass is 32.2. The van der Waals surface area contributed by atoms with E-state index < -0.39 is 0 Å². The number of anilines is 1. The first-order valence-corrected chi connectivity index (χ1v) is 8.53. The van der Waals surface area contributed by atoms with Gasteiger partial charge in [0.05, 0.1) is 5.69 Å². The van der Waals surface area contributed by atoms with Gasteiger partial charge in [0.25, 0.3) is 5.89 Å². The number of nitrogens with zero attached hydrogens (tertiary/aromatic N) is 2. The third-order valence-electron chi connectivity index (χ3n) is 3.64. The summed E-state index contributed by atoms with van der Waals surface area (Å²) in [6.07, 6.45) is 0. The maximum atomic E-state index is 8.85. The molecule has 3 aromatic rings. The molecule has 0 unspecified atom stereocenters. The Labute approximate surface area is 150 Å². The molecule has 0 saturated heterocycles. The molecule has 0 atom stereocenters. The van der Waals surface area contributed by atoms with Crippen molar-refractivity contribution in [2.24, 2.45) is 0 Å². The van der Waals surface area contributed by atoms with E-state index in [1.807, 2.05) is 31.3 Å². The second-order valence-electron chi connectivity index (χ2n) is 5.31. The van der Waals surface area contributed by atoms with Crippen molar-refractivity contribution in [2.75, 3.05) is 12.5 Å². The predicted octanol–water partition coefficient (Wildman–Crippen LogP) is 4.43. The molecule has 0 radical (unpaired) electrons. The van der Waals surface area contributed by atoms with Crippen LogP contribution in [0.15, 0.2) is 58.5 Å². The number of nitrogens with one attached hydrogen (secondary N) is 2. The molecule has 1 heterocycles. The highest BCUT2D eigenvalue weighted by Gasteiger charge is 2.10. The number of hydrogen-bond acceptors (Lipinski definition) is 7. The third-order valence-corrected chi connectivity index (χ3v) is 4.35. The van der Waals surface area contributed by atoms with Gasteiger partial charge in [0.1, 0.15) is 0 Å². The van der Waals surface area contributed by atoms with E-state index >= 15 is 0 Å². The molecule has 3 N–H and O–H groups in total. The minimum atomic E-state index is 0.435. The molecule has 3 rings (SSSR count). The summed E-state index contributed by atoms with van der Waals surface area (Å²) in [5.74, 6) is 0.974. The van der Waals surface area contributed by atoms with Crippen molar-refractivity contribution >= 4 is 23.2 Å². The SMILES string of the molecule is CNS/C=C(\C)c1ccc(-c2noc(-c3ccc(NO)cc3)n2)cc1. The van der Waals surface area contributed by atoms with Gasteiger partial charge in [0, 0.05) is 11.1 Å². The quantitative estimate of drug-likeness (QED) is 0.446. The van der Waals surface area contributed by atoms with E-state index in [9.17, 15) is 0 Å². The number of benzene rings is 2. The van der Waals surface area contributed by atoms with Crippen LogP contribution in [0.5, 0.6) is 0 Å². The topological polar surface area (TPSA) is 83.2 Å². The second kappa shape index (κ2) is 7.98. The molecule has 0 amide bonds. The van der Waals surface area contributed by atoms with E-state index in [0.717, 1.165) is 16.7 Å². The molecule has 0 aliphatic rings. The normalized spacial score (nSPS) is 11.6. The summed E-state index contributed by atoms with van der Waals surface area (Å²) in [5, 5.41) is 15.0. The van der Waals surface area contributed by atoms with Crippen molar-refractivity contribution in [2.45, 2.75) is 6.92 Å². The fourth-order valence-corrected chi connectivity index (χ4v) is 2.67. The molecule has 0 spiro atoms. The van der Waals surface area contributed by atoms with E-state index in [0.29, 0.717) is 17.4 Å². The van der Waals surface area contributed by atoms with Crippen LogP contribution >= 0.6 is 11.9 Å². The Kier molecular flexibility index (Phi) is 5.49. The Morgan fingerprint density at radius 2 is 1.76 bits per heavy atom. The first kappa shape index (κ1) is 17.2. The van der Waals surface area contributed by atoms with Crippen LogP contribution in [0.1, 0.15) is 12.5 Å². The van der Waals surface area contributed by atoms with Crippen LogP contribution in [-0.4, -0.2) is 22.4 Å². The van der Waals surface area contributed by atoms with Crippen molar-refractivity contribution in [3.63, 3.8) is 0 Å². The summed E-state index contributed by atoms with van der Waals surface area (Å²) in [4.78, 5) is 4.44. The van der Waals surface area contributed by atoms with Crippen LogP contribution in [-0.2, 0) is 0 Å². The average molecular weight is 354 g/mol. The standard InChI is InChI=1S/C18H18N4O2S/c1-12(11-25-19-2)13-3-5-14(6-4-13)17-20-18(24-22-17)15-7-9-16(21-23)10-8-15/h3-11,19,21,23H,1-2H3/b12-11+. The average Bonchev–Trinajstić information content (AvgIpc) is 3.16. The van der Waals surface area contributed by atoms with E-state index in [1.54, 1.807) is 36.2 Å². The molecule has 6 nitrogen and oxygen atoms in total.